The molecule has 0 atom stereocenters. The van der Waals surface area contributed by atoms with Crippen molar-refractivity contribution in [2.75, 3.05) is 6.54 Å². The molecule has 0 fully saturated rings. The Balaban J connectivity index is 1.85. The molecule has 1 aromatic carbocycles. The summed E-state index contributed by atoms with van der Waals surface area (Å²) < 4.78 is 36.3. The lowest BCUT2D eigenvalue weighted by atomic mass is 10.4. The summed E-state index contributed by atoms with van der Waals surface area (Å²) in [5.74, 6) is -0.0477. The predicted molar refractivity (Wildman–Crippen MR) is 85.1 cm³/mol. The molecular formula is C13H13Cl2N3O5S. The molecule has 0 bridgehead atoms. The van der Waals surface area contributed by atoms with Gasteiger partial charge in [-0.25, -0.2) is 13.1 Å². The number of benzene rings is 1. The number of hydrogen-bond donors (Lipinski definition) is 1. The number of ether oxygens (including phenoxy) is 1. The van der Waals surface area contributed by atoms with Gasteiger partial charge < -0.3 is 9.26 Å². The van der Waals surface area contributed by atoms with Gasteiger partial charge in [0.2, 0.25) is 10.0 Å². The molecule has 24 heavy (non-hydrogen) atoms. The number of aryl methyl sites for hydroxylation is 1. The zero-order valence-corrected chi connectivity index (χ0v) is 14.8. The van der Waals surface area contributed by atoms with Crippen LogP contribution in [0.3, 0.4) is 0 Å². The second-order valence-electron chi connectivity index (χ2n) is 4.59. The zero-order chi connectivity index (χ0) is 17.7. The summed E-state index contributed by atoms with van der Waals surface area (Å²) in [5.41, 5.74) is 0. The van der Waals surface area contributed by atoms with Gasteiger partial charge in [-0.1, -0.05) is 34.4 Å². The van der Waals surface area contributed by atoms with E-state index in [0.717, 1.165) is 0 Å². The lowest BCUT2D eigenvalue weighted by molar-refractivity contribution is -0.145. The number of carbonyl (C=O) groups is 1. The number of nitrogens with one attached hydrogen (secondary N) is 1. The highest BCUT2D eigenvalue weighted by Gasteiger charge is 2.21. The standard InChI is InChI=1S/C13H13Cl2N3O5S/c1-8-17-11(23-18-8)7-22-12(19)5-6-16-24(20,21)13-9(14)3-2-4-10(13)15/h2-4,16H,5-7H2,1H3. The first-order chi connectivity index (χ1) is 11.3. The third-order valence-electron chi connectivity index (χ3n) is 2.74. The summed E-state index contributed by atoms with van der Waals surface area (Å²) >= 11 is 11.7. The van der Waals surface area contributed by atoms with Gasteiger partial charge in [-0.05, 0) is 19.1 Å². The minimum atomic E-state index is -3.94. The fraction of sp³-hybridized carbons (Fsp3) is 0.308. The summed E-state index contributed by atoms with van der Waals surface area (Å²) in [6.45, 7) is 1.28. The molecule has 0 saturated carbocycles. The van der Waals surface area contributed by atoms with Crippen LogP contribution in [-0.4, -0.2) is 31.1 Å². The maximum atomic E-state index is 12.2. The average molecular weight is 394 g/mol. The van der Waals surface area contributed by atoms with Gasteiger partial charge >= 0.3 is 5.97 Å². The number of nitrogens with zero attached hydrogens (tertiary/aromatic N) is 2. The third-order valence-corrected chi connectivity index (χ3v) is 5.15. The van der Waals surface area contributed by atoms with Crippen LogP contribution in [0.15, 0.2) is 27.6 Å². The maximum Gasteiger partial charge on any atom is 0.307 e. The highest BCUT2D eigenvalue weighted by atomic mass is 35.5. The smallest absolute Gasteiger partial charge is 0.307 e. The molecule has 2 rings (SSSR count). The molecule has 0 saturated heterocycles. The van der Waals surface area contributed by atoms with E-state index in [1.165, 1.54) is 18.2 Å². The second kappa shape index (κ2) is 7.93. The van der Waals surface area contributed by atoms with Crippen LogP contribution in [0, 0.1) is 6.92 Å². The van der Waals surface area contributed by atoms with Crippen molar-refractivity contribution in [2.45, 2.75) is 24.8 Å². The molecule has 0 aliphatic heterocycles. The number of hydrogen-bond acceptors (Lipinski definition) is 7. The average Bonchev–Trinajstić information content (AvgIpc) is 2.90. The SMILES string of the molecule is Cc1noc(COC(=O)CCNS(=O)(=O)c2c(Cl)cccc2Cl)n1. The van der Waals surface area contributed by atoms with Crippen molar-refractivity contribution in [2.24, 2.45) is 0 Å². The fourth-order valence-corrected chi connectivity index (χ4v) is 3.88. The van der Waals surface area contributed by atoms with Crippen molar-refractivity contribution in [3.63, 3.8) is 0 Å². The lowest BCUT2D eigenvalue weighted by Gasteiger charge is -2.09. The van der Waals surface area contributed by atoms with Crippen LogP contribution < -0.4 is 4.72 Å². The molecule has 0 aliphatic carbocycles. The number of sulfonamides is 1. The molecular weight excluding hydrogens is 381 g/mol. The molecule has 0 spiro atoms. The monoisotopic (exact) mass is 393 g/mol. The van der Waals surface area contributed by atoms with E-state index in [1.54, 1.807) is 6.92 Å². The van der Waals surface area contributed by atoms with E-state index >= 15 is 0 Å². The largest absolute Gasteiger partial charge is 0.456 e. The molecule has 0 radical (unpaired) electrons. The first-order valence-corrected chi connectivity index (χ1v) is 8.92. The Hall–Kier alpha value is -1.68. The van der Waals surface area contributed by atoms with Crippen LogP contribution in [-0.2, 0) is 26.2 Å². The summed E-state index contributed by atoms with van der Waals surface area (Å²) in [5, 5.41) is 3.53. The highest BCUT2D eigenvalue weighted by molar-refractivity contribution is 7.89. The van der Waals surface area contributed by atoms with E-state index < -0.39 is 16.0 Å². The number of halogens is 2. The topological polar surface area (TPSA) is 111 Å². The first-order valence-electron chi connectivity index (χ1n) is 6.68. The minimum Gasteiger partial charge on any atom is -0.456 e. The Morgan fingerprint density at radius 3 is 2.58 bits per heavy atom. The number of aromatic nitrogens is 2. The summed E-state index contributed by atoms with van der Waals surface area (Å²) in [6, 6.07) is 4.34. The normalized spacial score (nSPS) is 11.5. The second-order valence-corrected chi connectivity index (χ2v) is 7.11. The van der Waals surface area contributed by atoms with Gasteiger partial charge in [0.1, 0.15) is 4.90 Å². The molecule has 1 N–H and O–H groups in total. The van der Waals surface area contributed by atoms with Gasteiger partial charge in [0.15, 0.2) is 12.4 Å². The van der Waals surface area contributed by atoms with Gasteiger partial charge in [-0.3, -0.25) is 4.79 Å². The minimum absolute atomic E-state index is 0.00987. The summed E-state index contributed by atoms with van der Waals surface area (Å²) in [6.07, 6.45) is -0.186. The molecule has 1 aromatic heterocycles. The van der Waals surface area contributed by atoms with Gasteiger partial charge in [0.05, 0.1) is 16.5 Å². The molecule has 2 aromatic rings. The van der Waals surface area contributed by atoms with Crippen molar-refractivity contribution in [1.82, 2.24) is 14.9 Å². The number of esters is 1. The molecule has 0 aliphatic rings. The molecule has 0 unspecified atom stereocenters. The van der Waals surface area contributed by atoms with Crippen LogP contribution in [0.2, 0.25) is 10.0 Å². The van der Waals surface area contributed by atoms with E-state index in [2.05, 4.69) is 14.9 Å². The predicted octanol–water partition coefficient (Wildman–Crippen LogP) is 2.10. The van der Waals surface area contributed by atoms with E-state index in [0.29, 0.717) is 5.82 Å². The van der Waals surface area contributed by atoms with Gasteiger partial charge in [-0.2, -0.15) is 4.98 Å². The van der Waals surface area contributed by atoms with E-state index in [1.807, 2.05) is 0 Å². The van der Waals surface area contributed by atoms with Crippen molar-refractivity contribution in [3.05, 3.63) is 40.0 Å². The van der Waals surface area contributed by atoms with E-state index in [-0.39, 0.29) is 40.4 Å². The van der Waals surface area contributed by atoms with Crippen molar-refractivity contribution in [3.8, 4) is 0 Å². The van der Waals surface area contributed by atoms with Crippen LogP contribution in [0.25, 0.3) is 0 Å². The van der Waals surface area contributed by atoms with Crippen LogP contribution >= 0.6 is 23.2 Å². The van der Waals surface area contributed by atoms with Gasteiger partial charge in [0.25, 0.3) is 5.89 Å². The van der Waals surface area contributed by atoms with E-state index in [4.69, 9.17) is 32.5 Å². The molecule has 130 valence electrons. The maximum absolute atomic E-state index is 12.2. The Morgan fingerprint density at radius 1 is 1.33 bits per heavy atom. The third kappa shape index (κ3) is 4.91. The van der Waals surface area contributed by atoms with Crippen LogP contribution in [0.5, 0.6) is 0 Å². The number of rotatable bonds is 7. The molecule has 11 heteroatoms. The lowest BCUT2D eigenvalue weighted by Crippen LogP contribution is -2.27. The highest BCUT2D eigenvalue weighted by Crippen LogP contribution is 2.28. The molecule has 1 heterocycles. The van der Waals surface area contributed by atoms with Crippen molar-refractivity contribution in [1.29, 1.82) is 0 Å². The van der Waals surface area contributed by atoms with Gasteiger partial charge in [0, 0.05) is 6.54 Å². The number of carbonyl (C=O) groups excluding carboxylic acids is 1. The van der Waals surface area contributed by atoms with Crippen molar-refractivity contribution >= 4 is 39.2 Å². The molecule has 8 nitrogen and oxygen atoms in total. The zero-order valence-electron chi connectivity index (χ0n) is 12.5. The van der Waals surface area contributed by atoms with Gasteiger partial charge in [-0.15, -0.1) is 0 Å². The quantitative estimate of drug-likeness (QED) is 0.716. The Morgan fingerprint density at radius 2 is 2.00 bits per heavy atom. The molecule has 0 amide bonds. The Kier molecular flexibility index (Phi) is 6.16. The van der Waals surface area contributed by atoms with Crippen LogP contribution in [0.1, 0.15) is 18.1 Å². The van der Waals surface area contributed by atoms with Crippen molar-refractivity contribution < 1.29 is 22.5 Å². The Bertz CT molecular complexity index is 818. The summed E-state index contributed by atoms with van der Waals surface area (Å²) in [7, 11) is -3.94. The Labute approximate surface area is 148 Å². The van der Waals surface area contributed by atoms with Crippen LogP contribution in [0.4, 0.5) is 0 Å². The first kappa shape index (κ1) is 18.7. The van der Waals surface area contributed by atoms with E-state index in [9.17, 15) is 13.2 Å². The summed E-state index contributed by atoms with van der Waals surface area (Å²) in [4.78, 5) is 15.2. The fourth-order valence-electron chi connectivity index (χ4n) is 1.71.